The first-order valence-electron chi connectivity index (χ1n) is 12.8. The van der Waals surface area contributed by atoms with Gasteiger partial charge in [-0.15, -0.1) is 0 Å². The molecule has 0 saturated carbocycles. The molecule has 2 N–H and O–H groups in total. The molecule has 0 aliphatic carbocycles. The van der Waals surface area contributed by atoms with Crippen LogP contribution < -0.4 is 15.4 Å². The Kier molecular flexibility index (Phi) is 7.90. The van der Waals surface area contributed by atoms with Gasteiger partial charge in [-0.2, -0.15) is 13.2 Å². The molecule has 210 valence electrons. The van der Waals surface area contributed by atoms with E-state index in [1.807, 2.05) is 6.07 Å². The number of amides is 1. The van der Waals surface area contributed by atoms with Gasteiger partial charge in [0, 0.05) is 51.3 Å². The Morgan fingerprint density at radius 3 is 2.48 bits per heavy atom. The fourth-order valence-corrected chi connectivity index (χ4v) is 4.59. The minimum atomic E-state index is -4.39. The standard InChI is InChI=1S/C28H29F3N6O3/c1-36-24-8-7-21(15-23(24)34-27(36)33-19-5-3-18(4-6-19)28(29,30)31)40-22-9-12-32-25(16-22)35-26(38)17-37-13-10-20(39-2)11-14-37/h3-9,12,15-16,20H,10-11,13-14,17H2,1-2H3,(H,33,34)(H,32,35,38). The van der Waals surface area contributed by atoms with E-state index in [1.165, 1.54) is 12.1 Å². The zero-order valence-electron chi connectivity index (χ0n) is 22.0. The predicted molar refractivity (Wildman–Crippen MR) is 145 cm³/mol. The third-order valence-corrected chi connectivity index (χ3v) is 6.79. The molecule has 0 spiro atoms. The van der Waals surface area contributed by atoms with Gasteiger partial charge in [0.25, 0.3) is 0 Å². The lowest BCUT2D eigenvalue weighted by molar-refractivity contribution is -0.137. The molecule has 0 radical (unpaired) electrons. The molecule has 5 rings (SSSR count). The molecule has 0 atom stereocenters. The number of alkyl halides is 3. The van der Waals surface area contributed by atoms with Crippen LogP contribution in [0.3, 0.4) is 0 Å². The number of benzene rings is 2. The summed E-state index contributed by atoms with van der Waals surface area (Å²) in [5, 5.41) is 5.88. The van der Waals surface area contributed by atoms with E-state index in [1.54, 1.807) is 49.2 Å². The SMILES string of the molecule is COC1CCN(CC(=O)Nc2cc(Oc3ccc4c(c3)nc(Nc3ccc(C(F)(F)F)cc3)n4C)ccn2)CC1. The van der Waals surface area contributed by atoms with Crippen molar-refractivity contribution in [2.45, 2.75) is 25.1 Å². The second-order valence-electron chi connectivity index (χ2n) is 9.58. The van der Waals surface area contributed by atoms with Crippen molar-refractivity contribution in [3.05, 3.63) is 66.4 Å². The zero-order valence-corrected chi connectivity index (χ0v) is 22.0. The highest BCUT2D eigenvalue weighted by Gasteiger charge is 2.30. The van der Waals surface area contributed by atoms with Gasteiger partial charge in [-0.1, -0.05) is 0 Å². The highest BCUT2D eigenvalue weighted by atomic mass is 19.4. The van der Waals surface area contributed by atoms with Gasteiger partial charge in [-0.05, 0) is 55.3 Å². The van der Waals surface area contributed by atoms with E-state index in [9.17, 15) is 18.0 Å². The first kappa shape index (κ1) is 27.4. The largest absolute Gasteiger partial charge is 0.457 e. The smallest absolute Gasteiger partial charge is 0.416 e. The lowest BCUT2D eigenvalue weighted by Gasteiger charge is -2.30. The molecule has 4 aromatic rings. The van der Waals surface area contributed by atoms with Crippen molar-refractivity contribution < 1.29 is 27.4 Å². The van der Waals surface area contributed by atoms with Gasteiger partial charge in [0.1, 0.15) is 17.3 Å². The summed E-state index contributed by atoms with van der Waals surface area (Å²) in [4.78, 5) is 23.4. The van der Waals surface area contributed by atoms with Gasteiger partial charge < -0.3 is 24.7 Å². The van der Waals surface area contributed by atoms with E-state index in [4.69, 9.17) is 9.47 Å². The number of aryl methyl sites for hydroxylation is 1. The molecule has 9 nitrogen and oxygen atoms in total. The number of piperidine rings is 1. The van der Waals surface area contributed by atoms with Gasteiger partial charge >= 0.3 is 6.18 Å². The van der Waals surface area contributed by atoms with E-state index in [-0.39, 0.29) is 18.6 Å². The molecule has 0 unspecified atom stereocenters. The number of nitrogens with one attached hydrogen (secondary N) is 2. The Bertz CT molecular complexity index is 1480. The van der Waals surface area contributed by atoms with E-state index >= 15 is 0 Å². The monoisotopic (exact) mass is 554 g/mol. The number of carbonyl (C=O) groups is 1. The molecular formula is C28H29F3N6O3. The minimum absolute atomic E-state index is 0.150. The normalized spacial score (nSPS) is 14.8. The highest BCUT2D eigenvalue weighted by molar-refractivity contribution is 5.91. The maximum absolute atomic E-state index is 12.9. The van der Waals surface area contributed by atoms with Crippen molar-refractivity contribution in [3.8, 4) is 11.5 Å². The van der Waals surface area contributed by atoms with Crippen LogP contribution in [0.15, 0.2) is 60.8 Å². The van der Waals surface area contributed by atoms with Crippen molar-refractivity contribution >= 4 is 34.4 Å². The number of nitrogens with zero attached hydrogens (tertiary/aromatic N) is 4. The van der Waals surface area contributed by atoms with Crippen molar-refractivity contribution in [1.82, 2.24) is 19.4 Å². The van der Waals surface area contributed by atoms with E-state index in [0.29, 0.717) is 34.5 Å². The van der Waals surface area contributed by atoms with Crippen LogP contribution in [0, 0.1) is 0 Å². The van der Waals surface area contributed by atoms with Gasteiger partial charge in [0.2, 0.25) is 11.9 Å². The third kappa shape index (κ3) is 6.52. The van der Waals surface area contributed by atoms with Gasteiger partial charge in [0.15, 0.2) is 0 Å². The van der Waals surface area contributed by atoms with E-state index in [0.717, 1.165) is 43.6 Å². The molecule has 1 amide bonds. The molecule has 1 saturated heterocycles. The summed E-state index contributed by atoms with van der Waals surface area (Å²) < 4.78 is 51.7. The molecule has 2 aromatic heterocycles. The topological polar surface area (TPSA) is 93.5 Å². The van der Waals surface area contributed by atoms with Crippen LogP contribution in [0.2, 0.25) is 0 Å². The van der Waals surface area contributed by atoms with Crippen molar-refractivity contribution in [3.63, 3.8) is 0 Å². The number of halogens is 3. The third-order valence-electron chi connectivity index (χ3n) is 6.79. The summed E-state index contributed by atoms with van der Waals surface area (Å²) in [6, 6.07) is 13.5. The first-order valence-corrected chi connectivity index (χ1v) is 12.8. The minimum Gasteiger partial charge on any atom is -0.457 e. The summed E-state index contributed by atoms with van der Waals surface area (Å²) in [5.41, 5.74) is 1.20. The number of likely N-dealkylation sites (tertiary alicyclic amines) is 1. The Labute approximate surface area is 228 Å². The van der Waals surface area contributed by atoms with Crippen LogP contribution in [-0.2, 0) is 22.8 Å². The Morgan fingerprint density at radius 1 is 1.05 bits per heavy atom. The fourth-order valence-electron chi connectivity index (χ4n) is 4.59. The molecule has 12 heteroatoms. The number of ether oxygens (including phenoxy) is 2. The number of hydrogen-bond donors (Lipinski definition) is 2. The molecule has 1 aliphatic heterocycles. The molecule has 0 bridgehead atoms. The first-order chi connectivity index (χ1) is 19.2. The maximum Gasteiger partial charge on any atom is 0.416 e. The van der Waals surface area contributed by atoms with Crippen LogP contribution in [0.5, 0.6) is 11.5 Å². The lowest BCUT2D eigenvalue weighted by Crippen LogP contribution is -2.41. The second-order valence-corrected chi connectivity index (χ2v) is 9.58. The average Bonchev–Trinajstić information content (AvgIpc) is 3.23. The molecule has 2 aromatic carbocycles. The number of imidazole rings is 1. The van der Waals surface area contributed by atoms with Gasteiger partial charge in [-0.25, -0.2) is 9.97 Å². The number of hydrogen-bond acceptors (Lipinski definition) is 7. The van der Waals surface area contributed by atoms with Crippen LogP contribution in [0.4, 0.5) is 30.6 Å². The molecule has 1 fully saturated rings. The van der Waals surface area contributed by atoms with E-state index in [2.05, 4.69) is 25.5 Å². The predicted octanol–water partition coefficient (Wildman–Crippen LogP) is 5.57. The van der Waals surface area contributed by atoms with Crippen molar-refractivity contribution in [1.29, 1.82) is 0 Å². The summed E-state index contributed by atoms with van der Waals surface area (Å²) in [6.45, 7) is 1.89. The lowest BCUT2D eigenvalue weighted by atomic mass is 10.1. The Balaban J connectivity index is 1.22. The molecular weight excluding hydrogens is 525 g/mol. The zero-order chi connectivity index (χ0) is 28.3. The quantitative estimate of drug-likeness (QED) is 0.294. The maximum atomic E-state index is 12.9. The summed E-state index contributed by atoms with van der Waals surface area (Å²) in [6.07, 6.45) is -0.782. The Hall–Kier alpha value is -4.16. The number of fused-ring (bicyclic) bond motifs is 1. The summed E-state index contributed by atoms with van der Waals surface area (Å²) >= 11 is 0. The molecule has 3 heterocycles. The van der Waals surface area contributed by atoms with Crippen LogP contribution in [-0.4, -0.2) is 58.2 Å². The summed E-state index contributed by atoms with van der Waals surface area (Å²) in [7, 11) is 3.52. The van der Waals surface area contributed by atoms with Crippen molar-refractivity contribution in [2.75, 3.05) is 37.4 Å². The average molecular weight is 555 g/mol. The number of pyridine rings is 1. The van der Waals surface area contributed by atoms with Crippen LogP contribution in [0.25, 0.3) is 11.0 Å². The number of anilines is 3. The fraction of sp³-hybridized carbons (Fsp3) is 0.321. The molecule has 1 aliphatic rings. The number of rotatable bonds is 8. The van der Waals surface area contributed by atoms with Gasteiger partial charge in [0.05, 0.1) is 29.2 Å². The van der Waals surface area contributed by atoms with Crippen LogP contribution >= 0.6 is 0 Å². The number of carbonyl (C=O) groups excluding carboxylic acids is 1. The Morgan fingerprint density at radius 2 is 1.77 bits per heavy atom. The van der Waals surface area contributed by atoms with Crippen molar-refractivity contribution in [2.24, 2.45) is 7.05 Å². The summed E-state index contributed by atoms with van der Waals surface area (Å²) in [5.74, 6) is 1.72. The van der Waals surface area contributed by atoms with E-state index < -0.39 is 11.7 Å². The van der Waals surface area contributed by atoms with Gasteiger partial charge in [-0.3, -0.25) is 9.69 Å². The highest BCUT2D eigenvalue weighted by Crippen LogP contribution is 2.31. The second kappa shape index (κ2) is 11.5. The molecule has 40 heavy (non-hydrogen) atoms. The number of aromatic nitrogens is 3. The van der Waals surface area contributed by atoms with Crippen LogP contribution in [0.1, 0.15) is 18.4 Å². The number of methoxy groups -OCH3 is 1.